The molecule has 0 aliphatic heterocycles. The van der Waals surface area contributed by atoms with E-state index in [2.05, 4.69) is 45.0 Å². The third-order valence-electron chi connectivity index (χ3n) is 3.95. The van der Waals surface area contributed by atoms with Gasteiger partial charge in [-0.15, -0.1) is 0 Å². The van der Waals surface area contributed by atoms with Gasteiger partial charge in [-0.25, -0.2) is 4.79 Å². The van der Waals surface area contributed by atoms with Crippen molar-refractivity contribution in [2.75, 3.05) is 13.2 Å². The van der Waals surface area contributed by atoms with Gasteiger partial charge >= 0.3 is 5.97 Å². The third kappa shape index (κ3) is 5.76. The first-order chi connectivity index (χ1) is 12.7. The molecule has 2 aromatic carbocycles. The molecule has 0 bridgehead atoms. The number of hydrogen-bond acceptors (Lipinski definition) is 5. The molecule has 0 saturated heterocycles. The Balaban J connectivity index is 1.76. The molecule has 27 heavy (non-hydrogen) atoms. The second kappa shape index (κ2) is 8.60. The number of aromatic carboxylic acids is 1. The second-order valence-corrected chi connectivity index (χ2v) is 7.09. The topological polar surface area (TPSA) is 88.0 Å². The smallest absolute Gasteiger partial charge is 0.339 e. The number of carboxylic acids is 1. The van der Waals surface area contributed by atoms with Crippen molar-refractivity contribution in [3.63, 3.8) is 0 Å². The van der Waals surface area contributed by atoms with Crippen LogP contribution in [-0.2, 0) is 10.3 Å². The average molecular weight is 371 g/mol. The fourth-order valence-corrected chi connectivity index (χ4v) is 2.35. The minimum absolute atomic E-state index is 0.0955. The SMILES string of the molecule is C=C(NOCCOc1ccc(C(=O)O)c(O)c1)c1ccc(C(C)(C)C)cc1. The zero-order chi connectivity index (χ0) is 20.0. The van der Waals surface area contributed by atoms with E-state index in [-0.39, 0.29) is 29.9 Å². The van der Waals surface area contributed by atoms with Gasteiger partial charge in [0.05, 0.1) is 5.70 Å². The van der Waals surface area contributed by atoms with E-state index in [4.69, 9.17) is 14.7 Å². The Labute approximate surface area is 159 Å². The van der Waals surface area contributed by atoms with E-state index in [0.717, 1.165) is 5.56 Å². The van der Waals surface area contributed by atoms with Crippen molar-refractivity contribution in [1.29, 1.82) is 0 Å². The van der Waals surface area contributed by atoms with Crippen molar-refractivity contribution in [1.82, 2.24) is 5.48 Å². The molecule has 0 aliphatic carbocycles. The van der Waals surface area contributed by atoms with Crippen LogP contribution < -0.4 is 10.2 Å². The van der Waals surface area contributed by atoms with E-state index < -0.39 is 5.97 Å². The van der Waals surface area contributed by atoms with Crippen LogP contribution in [0.1, 0.15) is 42.3 Å². The monoisotopic (exact) mass is 371 g/mol. The van der Waals surface area contributed by atoms with E-state index in [9.17, 15) is 9.90 Å². The Morgan fingerprint density at radius 3 is 2.33 bits per heavy atom. The Bertz CT molecular complexity index is 806. The van der Waals surface area contributed by atoms with E-state index in [0.29, 0.717) is 11.4 Å². The van der Waals surface area contributed by atoms with Crippen LogP contribution in [0.3, 0.4) is 0 Å². The number of carboxylic acid groups (broad SMARTS) is 1. The van der Waals surface area contributed by atoms with Crippen LogP contribution in [0.25, 0.3) is 5.70 Å². The zero-order valence-electron chi connectivity index (χ0n) is 15.8. The van der Waals surface area contributed by atoms with Crippen molar-refractivity contribution in [2.45, 2.75) is 26.2 Å². The second-order valence-electron chi connectivity index (χ2n) is 7.09. The zero-order valence-corrected chi connectivity index (χ0v) is 15.8. The van der Waals surface area contributed by atoms with E-state index in [1.807, 2.05) is 12.1 Å². The number of rotatable bonds is 8. The molecule has 0 atom stereocenters. The van der Waals surface area contributed by atoms with Crippen LogP contribution in [0.4, 0.5) is 0 Å². The Kier molecular flexibility index (Phi) is 6.47. The lowest BCUT2D eigenvalue weighted by Crippen LogP contribution is -2.17. The summed E-state index contributed by atoms with van der Waals surface area (Å²) >= 11 is 0. The first kappa shape index (κ1) is 20.3. The van der Waals surface area contributed by atoms with Crippen LogP contribution >= 0.6 is 0 Å². The molecule has 2 rings (SSSR count). The molecular formula is C21H25NO5. The molecule has 0 saturated carbocycles. The van der Waals surface area contributed by atoms with Crippen LogP contribution in [0.5, 0.6) is 11.5 Å². The Hall–Kier alpha value is -2.99. The van der Waals surface area contributed by atoms with Gasteiger partial charge in [0.15, 0.2) is 0 Å². The maximum atomic E-state index is 10.8. The predicted octanol–water partition coefficient (Wildman–Crippen LogP) is 3.96. The molecule has 0 fully saturated rings. The lowest BCUT2D eigenvalue weighted by Gasteiger charge is -2.19. The third-order valence-corrected chi connectivity index (χ3v) is 3.95. The predicted molar refractivity (Wildman–Crippen MR) is 104 cm³/mol. The molecule has 0 amide bonds. The van der Waals surface area contributed by atoms with Crippen molar-refractivity contribution < 1.29 is 24.6 Å². The van der Waals surface area contributed by atoms with Gasteiger partial charge in [-0.1, -0.05) is 51.6 Å². The number of ether oxygens (including phenoxy) is 1. The summed E-state index contributed by atoms with van der Waals surface area (Å²) in [6.07, 6.45) is 0. The molecule has 0 aliphatic rings. The maximum Gasteiger partial charge on any atom is 0.339 e. The average Bonchev–Trinajstić information content (AvgIpc) is 2.60. The van der Waals surface area contributed by atoms with Crippen LogP contribution in [0.15, 0.2) is 49.0 Å². The van der Waals surface area contributed by atoms with Crippen LogP contribution in [0, 0.1) is 0 Å². The lowest BCUT2D eigenvalue weighted by atomic mass is 9.86. The molecule has 3 N–H and O–H groups in total. The summed E-state index contributed by atoms with van der Waals surface area (Å²) in [4.78, 5) is 16.2. The van der Waals surface area contributed by atoms with E-state index in [1.54, 1.807) is 0 Å². The summed E-state index contributed by atoms with van der Waals surface area (Å²) in [5.74, 6) is -1.18. The molecule has 2 aromatic rings. The summed E-state index contributed by atoms with van der Waals surface area (Å²) in [6.45, 7) is 10.9. The normalized spacial score (nSPS) is 11.1. The van der Waals surface area contributed by atoms with Gasteiger partial charge in [0, 0.05) is 6.07 Å². The summed E-state index contributed by atoms with van der Waals surface area (Å²) < 4.78 is 5.41. The number of aromatic hydroxyl groups is 1. The van der Waals surface area contributed by atoms with Crippen molar-refractivity contribution in [3.05, 3.63) is 65.7 Å². The largest absolute Gasteiger partial charge is 0.507 e. The molecule has 0 aromatic heterocycles. The summed E-state index contributed by atoms with van der Waals surface area (Å²) in [6, 6.07) is 12.1. The number of hydroxylamine groups is 1. The van der Waals surface area contributed by atoms with Gasteiger partial charge < -0.3 is 14.9 Å². The van der Waals surface area contributed by atoms with Crippen molar-refractivity contribution in [2.24, 2.45) is 0 Å². The molecule has 0 heterocycles. The van der Waals surface area contributed by atoms with Gasteiger partial charge in [-0.2, -0.15) is 0 Å². The minimum atomic E-state index is -1.19. The number of hydrogen-bond donors (Lipinski definition) is 3. The summed E-state index contributed by atoms with van der Waals surface area (Å²) in [5.41, 5.74) is 5.51. The highest BCUT2D eigenvalue weighted by Gasteiger charge is 2.13. The van der Waals surface area contributed by atoms with Gasteiger partial charge in [0.1, 0.15) is 30.3 Å². The summed E-state index contributed by atoms with van der Waals surface area (Å²) in [5, 5.41) is 18.5. The quantitative estimate of drug-likeness (QED) is 0.481. The first-order valence-electron chi connectivity index (χ1n) is 8.55. The first-order valence-corrected chi connectivity index (χ1v) is 8.55. The lowest BCUT2D eigenvalue weighted by molar-refractivity contribution is 0.0540. The Morgan fingerprint density at radius 1 is 1.11 bits per heavy atom. The minimum Gasteiger partial charge on any atom is -0.507 e. The number of carbonyl (C=O) groups is 1. The highest BCUT2D eigenvalue weighted by Crippen LogP contribution is 2.24. The molecule has 6 nitrogen and oxygen atoms in total. The van der Waals surface area contributed by atoms with Gasteiger partial charge in [0.25, 0.3) is 0 Å². The fourth-order valence-electron chi connectivity index (χ4n) is 2.35. The maximum absolute atomic E-state index is 10.8. The van der Waals surface area contributed by atoms with E-state index >= 15 is 0 Å². The highest BCUT2D eigenvalue weighted by atomic mass is 16.7. The summed E-state index contributed by atoms with van der Waals surface area (Å²) in [7, 11) is 0. The molecule has 6 heteroatoms. The molecule has 0 radical (unpaired) electrons. The molecule has 0 spiro atoms. The Morgan fingerprint density at radius 2 is 1.78 bits per heavy atom. The number of phenols is 1. The molecule has 144 valence electrons. The standard InChI is InChI=1S/C21H25NO5/c1-14(15-5-7-16(8-6-15)21(2,3)4)22-27-12-11-26-17-9-10-18(20(24)25)19(23)13-17/h5-10,13,22-23H,1,11-12H2,2-4H3,(H,24,25). The number of nitrogens with one attached hydrogen (secondary N) is 1. The van der Waals surface area contributed by atoms with Gasteiger partial charge in [-0.05, 0) is 28.7 Å². The fraction of sp³-hybridized carbons (Fsp3) is 0.286. The van der Waals surface area contributed by atoms with Crippen LogP contribution in [-0.4, -0.2) is 29.4 Å². The van der Waals surface area contributed by atoms with Gasteiger partial charge in [-0.3, -0.25) is 10.3 Å². The van der Waals surface area contributed by atoms with Gasteiger partial charge in [0.2, 0.25) is 0 Å². The highest BCUT2D eigenvalue weighted by molar-refractivity contribution is 5.90. The van der Waals surface area contributed by atoms with Crippen molar-refractivity contribution >= 4 is 11.7 Å². The van der Waals surface area contributed by atoms with Crippen molar-refractivity contribution in [3.8, 4) is 11.5 Å². The van der Waals surface area contributed by atoms with E-state index in [1.165, 1.54) is 23.8 Å². The van der Waals surface area contributed by atoms with Crippen LogP contribution in [0.2, 0.25) is 0 Å². The molecule has 0 unspecified atom stereocenters. The molecular weight excluding hydrogens is 346 g/mol. The number of benzene rings is 2.